The number of ether oxygens (including phenoxy) is 1. The van der Waals surface area contributed by atoms with E-state index >= 15 is 0 Å². The normalized spacial score (nSPS) is 26.1. The SMILES string of the molecule is CC(C)(C)OC(=O)N1CCC(O)C(CC(O)CO)C1. The number of aliphatic hydroxyl groups is 3. The molecule has 0 spiro atoms. The number of rotatable bonds is 3. The molecule has 0 aromatic rings. The summed E-state index contributed by atoms with van der Waals surface area (Å²) in [7, 11) is 0. The van der Waals surface area contributed by atoms with Gasteiger partial charge in [0.2, 0.25) is 0 Å². The first-order valence-electron chi connectivity index (χ1n) is 6.68. The highest BCUT2D eigenvalue weighted by atomic mass is 16.6. The molecule has 0 aromatic carbocycles. The van der Waals surface area contributed by atoms with Crippen LogP contribution in [-0.4, -0.2) is 63.8 Å². The highest BCUT2D eigenvalue weighted by molar-refractivity contribution is 5.68. The molecule has 0 aliphatic carbocycles. The van der Waals surface area contributed by atoms with E-state index in [0.717, 1.165) is 0 Å². The molecule has 1 saturated heterocycles. The predicted molar refractivity (Wildman–Crippen MR) is 69.6 cm³/mol. The standard InChI is InChI=1S/C13H25NO5/c1-13(2,3)19-12(18)14-5-4-11(17)9(7-14)6-10(16)8-15/h9-11,15-17H,4-8H2,1-3H3. The Balaban J connectivity index is 2.56. The third kappa shape index (κ3) is 5.34. The molecular formula is C13H25NO5. The van der Waals surface area contributed by atoms with E-state index < -0.39 is 23.9 Å². The van der Waals surface area contributed by atoms with Gasteiger partial charge in [-0.2, -0.15) is 0 Å². The van der Waals surface area contributed by atoms with Crippen LogP contribution in [0.2, 0.25) is 0 Å². The van der Waals surface area contributed by atoms with Gasteiger partial charge < -0.3 is 25.0 Å². The van der Waals surface area contributed by atoms with Crippen LogP contribution in [0.1, 0.15) is 33.6 Å². The van der Waals surface area contributed by atoms with E-state index in [9.17, 15) is 15.0 Å². The Bertz CT molecular complexity index is 302. The minimum absolute atomic E-state index is 0.233. The van der Waals surface area contributed by atoms with Gasteiger partial charge in [0, 0.05) is 19.0 Å². The number of likely N-dealkylation sites (tertiary alicyclic amines) is 1. The number of aliphatic hydroxyl groups excluding tert-OH is 3. The van der Waals surface area contributed by atoms with Crippen molar-refractivity contribution in [1.82, 2.24) is 4.90 Å². The summed E-state index contributed by atoms with van der Waals surface area (Å²) < 4.78 is 5.29. The molecule has 0 radical (unpaired) electrons. The van der Waals surface area contributed by atoms with Gasteiger partial charge in [-0.15, -0.1) is 0 Å². The average molecular weight is 275 g/mol. The molecule has 6 heteroatoms. The lowest BCUT2D eigenvalue weighted by molar-refractivity contribution is -0.0250. The van der Waals surface area contributed by atoms with Gasteiger partial charge in [0.25, 0.3) is 0 Å². The maximum absolute atomic E-state index is 11.9. The largest absolute Gasteiger partial charge is 0.444 e. The molecule has 1 aliphatic rings. The fourth-order valence-corrected chi connectivity index (χ4v) is 2.17. The molecule has 3 unspecified atom stereocenters. The third-order valence-electron chi connectivity index (χ3n) is 3.13. The molecule has 112 valence electrons. The van der Waals surface area contributed by atoms with Gasteiger partial charge in [0.1, 0.15) is 5.60 Å². The molecule has 19 heavy (non-hydrogen) atoms. The van der Waals surface area contributed by atoms with Crippen LogP contribution in [0.3, 0.4) is 0 Å². The molecule has 6 nitrogen and oxygen atoms in total. The van der Waals surface area contributed by atoms with E-state index in [4.69, 9.17) is 9.84 Å². The maximum Gasteiger partial charge on any atom is 0.410 e. The van der Waals surface area contributed by atoms with E-state index in [1.165, 1.54) is 0 Å². The second kappa shape index (κ2) is 6.54. The van der Waals surface area contributed by atoms with Gasteiger partial charge in [0.15, 0.2) is 0 Å². The fraction of sp³-hybridized carbons (Fsp3) is 0.923. The number of carbonyl (C=O) groups excluding carboxylic acids is 1. The van der Waals surface area contributed by atoms with E-state index in [0.29, 0.717) is 19.5 Å². The zero-order valence-corrected chi connectivity index (χ0v) is 11.9. The molecule has 1 fully saturated rings. The number of amides is 1. The fourth-order valence-electron chi connectivity index (χ4n) is 2.17. The Labute approximate surface area is 114 Å². The van der Waals surface area contributed by atoms with Gasteiger partial charge in [-0.3, -0.25) is 0 Å². The van der Waals surface area contributed by atoms with Crippen LogP contribution >= 0.6 is 0 Å². The lowest BCUT2D eigenvalue weighted by Gasteiger charge is -2.37. The summed E-state index contributed by atoms with van der Waals surface area (Å²) in [6, 6.07) is 0. The maximum atomic E-state index is 11.9. The molecule has 1 rings (SSSR count). The van der Waals surface area contributed by atoms with Crippen LogP contribution in [0, 0.1) is 5.92 Å². The molecular weight excluding hydrogens is 250 g/mol. The minimum Gasteiger partial charge on any atom is -0.444 e. The Kier molecular flexibility index (Phi) is 5.58. The van der Waals surface area contributed by atoms with Gasteiger partial charge >= 0.3 is 6.09 Å². The van der Waals surface area contributed by atoms with Gasteiger partial charge in [-0.1, -0.05) is 0 Å². The first-order chi connectivity index (χ1) is 8.73. The highest BCUT2D eigenvalue weighted by Crippen LogP contribution is 2.23. The number of hydrogen-bond acceptors (Lipinski definition) is 5. The molecule has 3 N–H and O–H groups in total. The number of piperidine rings is 1. The van der Waals surface area contributed by atoms with Crippen molar-refractivity contribution in [3.05, 3.63) is 0 Å². The second-order valence-electron chi connectivity index (χ2n) is 6.11. The molecule has 3 atom stereocenters. The molecule has 1 amide bonds. The van der Waals surface area contributed by atoms with Crippen molar-refractivity contribution in [2.75, 3.05) is 19.7 Å². The summed E-state index contributed by atoms with van der Waals surface area (Å²) in [4.78, 5) is 13.5. The molecule has 0 bridgehead atoms. The Morgan fingerprint density at radius 2 is 2.11 bits per heavy atom. The van der Waals surface area contributed by atoms with Crippen molar-refractivity contribution in [1.29, 1.82) is 0 Å². The number of carbonyl (C=O) groups is 1. The van der Waals surface area contributed by atoms with E-state index in [1.807, 2.05) is 0 Å². The third-order valence-corrected chi connectivity index (χ3v) is 3.13. The number of nitrogens with zero attached hydrogens (tertiary/aromatic N) is 1. The van der Waals surface area contributed by atoms with Crippen LogP contribution in [0.25, 0.3) is 0 Å². The van der Waals surface area contributed by atoms with Gasteiger partial charge in [-0.05, 0) is 33.6 Å². The first-order valence-corrected chi connectivity index (χ1v) is 6.68. The Morgan fingerprint density at radius 3 is 2.63 bits per heavy atom. The van der Waals surface area contributed by atoms with Crippen molar-refractivity contribution in [2.24, 2.45) is 5.92 Å². The second-order valence-corrected chi connectivity index (χ2v) is 6.11. The lowest BCUT2D eigenvalue weighted by atomic mass is 9.90. The minimum atomic E-state index is -0.863. The molecule has 0 saturated carbocycles. The highest BCUT2D eigenvalue weighted by Gasteiger charge is 2.33. The van der Waals surface area contributed by atoms with Crippen LogP contribution in [0.15, 0.2) is 0 Å². The van der Waals surface area contributed by atoms with E-state index in [2.05, 4.69) is 0 Å². The molecule has 1 heterocycles. The van der Waals surface area contributed by atoms with Crippen LogP contribution < -0.4 is 0 Å². The quantitative estimate of drug-likeness (QED) is 0.691. The van der Waals surface area contributed by atoms with Crippen LogP contribution in [0.4, 0.5) is 4.79 Å². The lowest BCUT2D eigenvalue weighted by Crippen LogP contribution is -2.48. The summed E-state index contributed by atoms with van der Waals surface area (Å²) in [5.41, 5.74) is -0.548. The monoisotopic (exact) mass is 275 g/mol. The van der Waals surface area contributed by atoms with Crippen LogP contribution in [-0.2, 0) is 4.74 Å². The number of hydrogen-bond donors (Lipinski definition) is 3. The summed E-state index contributed by atoms with van der Waals surface area (Å²) in [6.45, 7) is 5.86. The summed E-state index contributed by atoms with van der Waals surface area (Å²) in [5.74, 6) is -0.233. The Hall–Kier alpha value is -0.850. The molecule has 1 aliphatic heterocycles. The molecule has 0 aromatic heterocycles. The van der Waals surface area contributed by atoms with Crippen LogP contribution in [0.5, 0.6) is 0 Å². The smallest absolute Gasteiger partial charge is 0.410 e. The van der Waals surface area contributed by atoms with Crippen molar-refractivity contribution in [3.8, 4) is 0 Å². The average Bonchev–Trinajstić information content (AvgIpc) is 2.29. The van der Waals surface area contributed by atoms with Crippen molar-refractivity contribution in [2.45, 2.75) is 51.4 Å². The Morgan fingerprint density at radius 1 is 1.47 bits per heavy atom. The summed E-state index contributed by atoms with van der Waals surface area (Å²) >= 11 is 0. The van der Waals surface area contributed by atoms with E-state index in [1.54, 1.807) is 25.7 Å². The first kappa shape index (κ1) is 16.2. The predicted octanol–water partition coefficient (Wildman–Crippen LogP) is 0.348. The topological polar surface area (TPSA) is 90.2 Å². The van der Waals surface area contributed by atoms with Crippen molar-refractivity contribution < 1.29 is 24.9 Å². The van der Waals surface area contributed by atoms with Gasteiger partial charge in [-0.25, -0.2) is 4.79 Å². The zero-order chi connectivity index (χ0) is 14.6. The van der Waals surface area contributed by atoms with Crippen molar-refractivity contribution in [3.63, 3.8) is 0 Å². The van der Waals surface area contributed by atoms with Crippen molar-refractivity contribution >= 4 is 6.09 Å². The summed E-state index contributed by atoms with van der Waals surface area (Å²) in [6.07, 6.45) is -1.08. The summed E-state index contributed by atoms with van der Waals surface area (Å²) in [5, 5.41) is 28.2. The zero-order valence-electron chi connectivity index (χ0n) is 11.9. The van der Waals surface area contributed by atoms with E-state index in [-0.39, 0.29) is 18.9 Å². The van der Waals surface area contributed by atoms with Gasteiger partial charge in [0.05, 0.1) is 18.8 Å².